The second-order valence-electron chi connectivity index (χ2n) is 5.40. The minimum Gasteiger partial charge on any atom is -0.481 e. The van der Waals surface area contributed by atoms with Crippen LogP contribution in [0.5, 0.6) is 0 Å². The lowest BCUT2D eigenvalue weighted by Crippen LogP contribution is -2.33. The van der Waals surface area contributed by atoms with E-state index < -0.39 is 11.9 Å². The van der Waals surface area contributed by atoms with Crippen molar-refractivity contribution < 1.29 is 14.7 Å². The molecule has 1 heterocycles. The molecule has 0 aliphatic carbocycles. The number of carbonyl (C=O) groups is 2. The molecule has 0 bridgehead atoms. The molecule has 5 heteroatoms. The predicted molar refractivity (Wildman–Crippen MR) is 80.8 cm³/mol. The summed E-state index contributed by atoms with van der Waals surface area (Å²) in [4.78, 5) is 24.0. The monoisotopic (exact) mass is 297 g/mol. The summed E-state index contributed by atoms with van der Waals surface area (Å²) in [6.45, 7) is 4.20. The molecule has 0 aromatic carbocycles. The molecular weight excluding hydrogens is 274 g/mol. The van der Waals surface area contributed by atoms with E-state index in [1.165, 1.54) is 4.88 Å². The van der Waals surface area contributed by atoms with Gasteiger partial charge in [0.2, 0.25) is 5.91 Å². The van der Waals surface area contributed by atoms with Crippen LogP contribution in [0.1, 0.15) is 38.0 Å². The maximum absolute atomic E-state index is 11.7. The molecule has 2 N–H and O–H groups in total. The van der Waals surface area contributed by atoms with Crippen molar-refractivity contribution in [3.8, 4) is 0 Å². The molecule has 1 amide bonds. The molecule has 1 rings (SSSR count). The number of nitrogens with one attached hydrogen (secondary N) is 1. The van der Waals surface area contributed by atoms with Crippen LogP contribution in [0.2, 0.25) is 0 Å². The number of amides is 1. The zero-order chi connectivity index (χ0) is 15.0. The Balaban J connectivity index is 2.22. The van der Waals surface area contributed by atoms with E-state index in [0.717, 1.165) is 12.8 Å². The molecule has 0 aliphatic rings. The van der Waals surface area contributed by atoms with Crippen molar-refractivity contribution in [3.05, 3.63) is 22.4 Å². The zero-order valence-electron chi connectivity index (χ0n) is 12.1. The van der Waals surface area contributed by atoms with Gasteiger partial charge >= 0.3 is 5.97 Å². The van der Waals surface area contributed by atoms with Gasteiger partial charge in [0, 0.05) is 17.8 Å². The molecule has 1 unspecified atom stereocenters. The number of aryl methyl sites for hydroxylation is 1. The molecule has 20 heavy (non-hydrogen) atoms. The highest BCUT2D eigenvalue weighted by atomic mass is 32.1. The average molecular weight is 297 g/mol. The average Bonchev–Trinajstić information content (AvgIpc) is 2.86. The lowest BCUT2D eigenvalue weighted by atomic mass is 9.97. The van der Waals surface area contributed by atoms with Gasteiger partial charge in [0.05, 0.1) is 5.92 Å². The number of carboxylic acids is 1. The number of aliphatic carboxylic acids is 1. The van der Waals surface area contributed by atoms with Crippen molar-refractivity contribution in [1.82, 2.24) is 5.32 Å². The van der Waals surface area contributed by atoms with E-state index in [9.17, 15) is 9.59 Å². The Morgan fingerprint density at radius 3 is 2.70 bits per heavy atom. The van der Waals surface area contributed by atoms with Crippen LogP contribution in [0.4, 0.5) is 0 Å². The van der Waals surface area contributed by atoms with Crippen LogP contribution in [-0.2, 0) is 16.0 Å². The molecule has 112 valence electrons. The number of thiophene rings is 1. The van der Waals surface area contributed by atoms with Gasteiger partial charge in [-0.25, -0.2) is 0 Å². The summed E-state index contributed by atoms with van der Waals surface area (Å²) in [5.74, 6) is -1.07. The molecule has 1 atom stereocenters. The van der Waals surface area contributed by atoms with Crippen LogP contribution in [0.3, 0.4) is 0 Å². The van der Waals surface area contributed by atoms with Crippen LogP contribution < -0.4 is 5.32 Å². The molecule has 1 aromatic rings. The van der Waals surface area contributed by atoms with E-state index in [2.05, 4.69) is 11.4 Å². The van der Waals surface area contributed by atoms with Crippen molar-refractivity contribution in [2.75, 3.05) is 6.54 Å². The maximum Gasteiger partial charge on any atom is 0.308 e. The molecule has 1 aromatic heterocycles. The third kappa shape index (κ3) is 6.70. The molecule has 0 radical (unpaired) electrons. The van der Waals surface area contributed by atoms with Gasteiger partial charge in [0.15, 0.2) is 0 Å². The fraction of sp³-hybridized carbons (Fsp3) is 0.600. The van der Waals surface area contributed by atoms with E-state index in [-0.39, 0.29) is 12.5 Å². The first kappa shape index (κ1) is 16.7. The normalized spacial score (nSPS) is 12.3. The second kappa shape index (κ2) is 8.74. The van der Waals surface area contributed by atoms with Gasteiger partial charge in [-0.3, -0.25) is 9.59 Å². The van der Waals surface area contributed by atoms with Crippen LogP contribution in [0.15, 0.2) is 17.5 Å². The number of hydrogen-bond acceptors (Lipinski definition) is 3. The summed E-state index contributed by atoms with van der Waals surface area (Å²) in [6.07, 6.45) is 2.74. The minimum absolute atomic E-state index is 0.0587. The molecule has 0 saturated heterocycles. The number of rotatable bonds is 9. The highest BCUT2D eigenvalue weighted by molar-refractivity contribution is 7.09. The van der Waals surface area contributed by atoms with Crippen molar-refractivity contribution in [3.63, 3.8) is 0 Å². The Hall–Kier alpha value is -1.36. The quantitative estimate of drug-likeness (QED) is 0.736. The molecular formula is C15H23NO3S. The van der Waals surface area contributed by atoms with Crippen molar-refractivity contribution >= 4 is 23.2 Å². The molecule has 0 aliphatic heterocycles. The SMILES string of the molecule is CC(C)CC(CNC(=O)CCCc1cccs1)C(=O)O. The first-order valence-corrected chi connectivity index (χ1v) is 7.89. The van der Waals surface area contributed by atoms with Gasteiger partial charge in [-0.15, -0.1) is 11.3 Å². The van der Waals surface area contributed by atoms with E-state index >= 15 is 0 Å². The molecule has 4 nitrogen and oxygen atoms in total. The summed E-state index contributed by atoms with van der Waals surface area (Å²) in [5.41, 5.74) is 0. The third-order valence-corrected chi connectivity index (χ3v) is 3.99. The minimum atomic E-state index is -0.836. The van der Waals surface area contributed by atoms with E-state index in [1.807, 2.05) is 25.3 Å². The van der Waals surface area contributed by atoms with Gasteiger partial charge in [0.25, 0.3) is 0 Å². The van der Waals surface area contributed by atoms with Gasteiger partial charge in [-0.2, -0.15) is 0 Å². The first-order valence-electron chi connectivity index (χ1n) is 7.01. The predicted octanol–water partition coefficient (Wildman–Crippen LogP) is 2.93. The standard InChI is InChI=1S/C15H23NO3S/c1-11(2)9-12(15(18)19)10-16-14(17)7-3-5-13-6-4-8-20-13/h4,6,8,11-12H,3,5,7,9-10H2,1-2H3,(H,16,17)(H,18,19). The first-order chi connectivity index (χ1) is 9.49. The molecule has 0 fully saturated rings. The third-order valence-electron chi connectivity index (χ3n) is 3.06. The topological polar surface area (TPSA) is 66.4 Å². The molecule has 0 saturated carbocycles. The fourth-order valence-corrected chi connectivity index (χ4v) is 2.80. The van der Waals surface area contributed by atoms with Crippen molar-refractivity contribution in [1.29, 1.82) is 0 Å². The van der Waals surface area contributed by atoms with Crippen LogP contribution in [0.25, 0.3) is 0 Å². The highest BCUT2D eigenvalue weighted by Gasteiger charge is 2.19. The van der Waals surface area contributed by atoms with Gasteiger partial charge in [0.1, 0.15) is 0 Å². The van der Waals surface area contributed by atoms with E-state index in [4.69, 9.17) is 5.11 Å². The van der Waals surface area contributed by atoms with Crippen LogP contribution in [0, 0.1) is 11.8 Å². The maximum atomic E-state index is 11.7. The van der Waals surface area contributed by atoms with Crippen molar-refractivity contribution in [2.45, 2.75) is 39.5 Å². The lowest BCUT2D eigenvalue weighted by Gasteiger charge is -2.15. The summed E-state index contributed by atoms with van der Waals surface area (Å²) in [5, 5.41) is 13.8. The Morgan fingerprint density at radius 1 is 1.40 bits per heavy atom. The Kier molecular flexibility index (Phi) is 7.30. The lowest BCUT2D eigenvalue weighted by molar-refractivity contribution is -0.142. The Bertz CT molecular complexity index is 415. The van der Waals surface area contributed by atoms with Crippen LogP contribution in [-0.4, -0.2) is 23.5 Å². The Morgan fingerprint density at radius 2 is 2.15 bits per heavy atom. The van der Waals surface area contributed by atoms with E-state index in [0.29, 0.717) is 18.8 Å². The summed E-state index contributed by atoms with van der Waals surface area (Å²) in [6, 6.07) is 4.06. The van der Waals surface area contributed by atoms with Crippen molar-refractivity contribution in [2.24, 2.45) is 11.8 Å². The van der Waals surface area contributed by atoms with Gasteiger partial charge in [-0.1, -0.05) is 19.9 Å². The highest BCUT2D eigenvalue weighted by Crippen LogP contribution is 2.13. The largest absolute Gasteiger partial charge is 0.481 e. The summed E-state index contributed by atoms with van der Waals surface area (Å²) < 4.78 is 0. The van der Waals surface area contributed by atoms with E-state index in [1.54, 1.807) is 11.3 Å². The zero-order valence-corrected chi connectivity index (χ0v) is 12.9. The summed E-state index contributed by atoms with van der Waals surface area (Å²) in [7, 11) is 0. The summed E-state index contributed by atoms with van der Waals surface area (Å²) >= 11 is 1.69. The number of carboxylic acid groups (broad SMARTS) is 1. The second-order valence-corrected chi connectivity index (χ2v) is 6.43. The Labute approximate surface area is 124 Å². The smallest absolute Gasteiger partial charge is 0.308 e. The number of hydrogen-bond donors (Lipinski definition) is 2. The number of carbonyl (C=O) groups excluding carboxylic acids is 1. The fourth-order valence-electron chi connectivity index (χ4n) is 2.04. The van der Waals surface area contributed by atoms with Gasteiger partial charge in [-0.05, 0) is 36.6 Å². The van der Waals surface area contributed by atoms with Crippen LogP contribution >= 0.6 is 11.3 Å². The van der Waals surface area contributed by atoms with Gasteiger partial charge < -0.3 is 10.4 Å². The molecule has 0 spiro atoms.